The highest BCUT2D eigenvalue weighted by Crippen LogP contribution is 2.32. The van der Waals surface area contributed by atoms with Gasteiger partial charge in [0.05, 0.1) is 6.10 Å². The fraction of sp³-hybridized carbons (Fsp3) is 0.867. The maximum absolute atomic E-state index is 12.0. The molecule has 0 aromatic rings. The lowest BCUT2D eigenvalue weighted by Gasteiger charge is -2.31. The minimum atomic E-state index is -0.302. The number of hydrogen-bond acceptors (Lipinski definition) is 3. The van der Waals surface area contributed by atoms with Crippen LogP contribution in [0, 0.1) is 11.8 Å². The Labute approximate surface area is 120 Å². The molecule has 2 fully saturated rings. The highest BCUT2D eigenvalue weighted by Gasteiger charge is 2.35. The van der Waals surface area contributed by atoms with Crippen molar-refractivity contribution in [2.24, 2.45) is 11.8 Å². The molecule has 1 unspecified atom stereocenters. The van der Waals surface area contributed by atoms with Gasteiger partial charge in [0.15, 0.2) is 0 Å². The van der Waals surface area contributed by atoms with Crippen molar-refractivity contribution in [3.63, 3.8) is 0 Å². The molecule has 5 heteroatoms. The zero-order chi connectivity index (χ0) is 14.5. The highest BCUT2D eigenvalue weighted by molar-refractivity contribution is 5.82. The van der Waals surface area contributed by atoms with Crippen molar-refractivity contribution in [1.82, 2.24) is 10.2 Å². The minimum absolute atomic E-state index is 0.0461. The number of carbonyl (C=O) groups is 2. The highest BCUT2D eigenvalue weighted by atomic mass is 16.3. The van der Waals surface area contributed by atoms with E-state index in [0.29, 0.717) is 18.9 Å². The largest absolute Gasteiger partial charge is 0.393 e. The predicted octanol–water partition coefficient (Wildman–Crippen LogP) is 0.912. The lowest BCUT2D eigenvalue weighted by molar-refractivity contribution is -0.136. The fourth-order valence-electron chi connectivity index (χ4n) is 2.70. The molecular formula is C15H26N2O3. The maximum atomic E-state index is 12.0. The summed E-state index contributed by atoms with van der Waals surface area (Å²) in [5.41, 5.74) is 0. The summed E-state index contributed by atoms with van der Waals surface area (Å²) in [5.74, 6) is 0.723. The second-order valence-electron chi connectivity index (χ2n) is 6.16. The second kappa shape index (κ2) is 7.07. The van der Waals surface area contributed by atoms with Crippen molar-refractivity contribution in [2.45, 2.75) is 51.6 Å². The van der Waals surface area contributed by atoms with E-state index in [1.807, 2.05) is 4.90 Å². The minimum Gasteiger partial charge on any atom is -0.393 e. The molecule has 1 atom stereocenters. The fourth-order valence-corrected chi connectivity index (χ4v) is 2.70. The normalized spacial score (nSPS) is 21.6. The Morgan fingerprint density at radius 3 is 2.40 bits per heavy atom. The van der Waals surface area contributed by atoms with Gasteiger partial charge in [-0.1, -0.05) is 0 Å². The van der Waals surface area contributed by atoms with Gasteiger partial charge in [-0.25, -0.2) is 0 Å². The molecule has 20 heavy (non-hydrogen) atoms. The van der Waals surface area contributed by atoms with Gasteiger partial charge in [0.1, 0.15) is 0 Å². The summed E-state index contributed by atoms with van der Waals surface area (Å²) in [6, 6.07) is 0. The first kappa shape index (κ1) is 15.3. The molecule has 1 saturated heterocycles. The van der Waals surface area contributed by atoms with E-state index in [4.69, 9.17) is 5.11 Å². The third kappa shape index (κ3) is 4.47. The number of likely N-dealkylation sites (tertiary alicyclic amines) is 1. The van der Waals surface area contributed by atoms with Gasteiger partial charge in [0.2, 0.25) is 11.8 Å². The van der Waals surface area contributed by atoms with Crippen LogP contribution in [0.3, 0.4) is 0 Å². The van der Waals surface area contributed by atoms with Crippen molar-refractivity contribution < 1.29 is 14.7 Å². The van der Waals surface area contributed by atoms with E-state index in [1.165, 1.54) is 0 Å². The Bertz CT molecular complexity index is 345. The van der Waals surface area contributed by atoms with Crippen LogP contribution in [-0.4, -0.2) is 47.6 Å². The molecule has 0 spiro atoms. The molecule has 0 aromatic carbocycles. The van der Waals surface area contributed by atoms with Crippen LogP contribution in [0.4, 0.5) is 0 Å². The lowest BCUT2D eigenvalue weighted by atomic mass is 9.95. The molecule has 0 radical (unpaired) electrons. The van der Waals surface area contributed by atoms with Crippen LogP contribution < -0.4 is 5.32 Å². The number of rotatable bonds is 6. The molecule has 2 aliphatic rings. The number of piperidine rings is 1. The topological polar surface area (TPSA) is 69.6 Å². The van der Waals surface area contributed by atoms with Crippen LogP contribution >= 0.6 is 0 Å². The summed E-state index contributed by atoms with van der Waals surface area (Å²) >= 11 is 0. The van der Waals surface area contributed by atoms with Crippen molar-refractivity contribution in [2.75, 3.05) is 19.6 Å². The zero-order valence-corrected chi connectivity index (χ0v) is 12.3. The smallest absolute Gasteiger partial charge is 0.225 e. The Morgan fingerprint density at radius 2 is 1.85 bits per heavy atom. The predicted molar refractivity (Wildman–Crippen MR) is 76.0 cm³/mol. The molecule has 5 nitrogen and oxygen atoms in total. The van der Waals surface area contributed by atoms with Gasteiger partial charge >= 0.3 is 0 Å². The number of hydrogen-bond donors (Lipinski definition) is 2. The Hall–Kier alpha value is -1.10. The van der Waals surface area contributed by atoms with Gasteiger partial charge in [0.25, 0.3) is 0 Å². The van der Waals surface area contributed by atoms with E-state index in [0.717, 1.165) is 45.2 Å². The van der Waals surface area contributed by atoms with E-state index in [9.17, 15) is 9.59 Å². The SMILES string of the molecule is CC(O)CCCNC(=O)C1CCN(C(=O)C2CC2)CC1. The van der Waals surface area contributed by atoms with Crippen molar-refractivity contribution >= 4 is 11.8 Å². The number of aliphatic hydroxyl groups excluding tert-OH is 1. The average molecular weight is 282 g/mol. The molecule has 1 aliphatic carbocycles. The maximum Gasteiger partial charge on any atom is 0.225 e. The van der Waals surface area contributed by atoms with Crippen LogP contribution in [0.1, 0.15) is 45.4 Å². The van der Waals surface area contributed by atoms with Gasteiger partial charge in [-0.15, -0.1) is 0 Å². The zero-order valence-electron chi connectivity index (χ0n) is 12.3. The van der Waals surface area contributed by atoms with E-state index in [2.05, 4.69) is 5.32 Å². The molecule has 2 amide bonds. The van der Waals surface area contributed by atoms with E-state index >= 15 is 0 Å². The molecule has 2 N–H and O–H groups in total. The van der Waals surface area contributed by atoms with Crippen LogP contribution in [0.25, 0.3) is 0 Å². The molecule has 1 heterocycles. The van der Waals surface area contributed by atoms with Gasteiger partial charge in [-0.05, 0) is 45.4 Å². The van der Waals surface area contributed by atoms with Crippen molar-refractivity contribution in [1.29, 1.82) is 0 Å². The van der Waals surface area contributed by atoms with Gasteiger partial charge in [-0.2, -0.15) is 0 Å². The van der Waals surface area contributed by atoms with E-state index < -0.39 is 0 Å². The standard InChI is InChI=1S/C15H26N2O3/c1-11(18)3-2-8-16-14(19)12-6-9-17(10-7-12)15(20)13-4-5-13/h11-13,18H,2-10H2,1H3,(H,16,19). The first-order valence-electron chi connectivity index (χ1n) is 7.82. The van der Waals surface area contributed by atoms with Crippen molar-refractivity contribution in [3.8, 4) is 0 Å². The monoisotopic (exact) mass is 282 g/mol. The summed E-state index contributed by atoms with van der Waals surface area (Å²) in [5, 5.41) is 12.1. The third-order valence-corrected chi connectivity index (χ3v) is 4.20. The number of nitrogens with zero attached hydrogens (tertiary/aromatic N) is 1. The van der Waals surface area contributed by atoms with E-state index in [1.54, 1.807) is 6.92 Å². The first-order valence-corrected chi connectivity index (χ1v) is 7.82. The number of carbonyl (C=O) groups excluding carboxylic acids is 2. The molecule has 2 rings (SSSR count). The Kier molecular flexibility index (Phi) is 5.40. The Morgan fingerprint density at radius 1 is 1.20 bits per heavy atom. The third-order valence-electron chi connectivity index (χ3n) is 4.20. The van der Waals surface area contributed by atoms with Crippen molar-refractivity contribution in [3.05, 3.63) is 0 Å². The summed E-state index contributed by atoms with van der Waals surface area (Å²) < 4.78 is 0. The Balaban J connectivity index is 1.62. The van der Waals surface area contributed by atoms with Crippen LogP contribution in [-0.2, 0) is 9.59 Å². The molecular weight excluding hydrogens is 256 g/mol. The lowest BCUT2D eigenvalue weighted by Crippen LogP contribution is -2.43. The summed E-state index contributed by atoms with van der Waals surface area (Å²) in [6.07, 6.45) is 4.87. The van der Waals surface area contributed by atoms with Gasteiger partial charge in [-0.3, -0.25) is 9.59 Å². The van der Waals surface area contributed by atoms with Crippen LogP contribution in [0.5, 0.6) is 0 Å². The molecule has 1 aliphatic heterocycles. The second-order valence-corrected chi connectivity index (χ2v) is 6.16. The number of aliphatic hydroxyl groups is 1. The number of amides is 2. The van der Waals surface area contributed by atoms with Gasteiger partial charge < -0.3 is 15.3 Å². The molecule has 1 saturated carbocycles. The van der Waals surface area contributed by atoms with E-state index in [-0.39, 0.29) is 23.8 Å². The molecule has 114 valence electrons. The first-order chi connectivity index (χ1) is 9.58. The number of nitrogens with one attached hydrogen (secondary N) is 1. The summed E-state index contributed by atoms with van der Waals surface area (Å²) in [7, 11) is 0. The summed E-state index contributed by atoms with van der Waals surface area (Å²) in [6.45, 7) is 3.83. The molecule has 0 bridgehead atoms. The van der Waals surface area contributed by atoms with Crippen LogP contribution in [0.15, 0.2) is 0 Å². The van der Waals surface area contributed by atoms with Gasteiger partial charge in [0, 0.05) is 31.5 Å². The van der Waals surface area contributed by atoms with Crippen LogP contribution in [0.2, 0.25) is 0 Å². The average Bonchev–Trinajstić information content (AvgIpc) is 3.27. The summed E-state index contributed by atoms with van der Waals surface area (Å²) in [4.78, 5) is 25.8. The molecule has 0 aromatic heterocycles. The quantitative estimate of drug-likeness (QED) is 0.712.